The fourth-order valence-corrected chi connectivity index (χ4v) is 2.45. The molecule has 0 spiro atoms. The SMILES string of the molecule is O=C(NO)c1ccc(-c2cccc(CNCc3ccccc3)c2)o1. The van der Waals surface area contributed by atoms with Crippen LogP contribution in [0.3, 0.4) is 0 Å². The van der Waals surface area contributed by atoms with Crippen LogP contribution in [0, 0.1) is 0 Å². The molecule has 1 amide bonds. The van der Waals surface area contributed by atoms with Gasteiger partial charge in [-0.25, -0.2) is 5.48 Å². The van der Waals surface area contributed by atoms with Crippen LogP contribution in [0.5, 0.6) is 0 Å². The molecule has 0 saturated carbocycles. The normalized spacial score (nSPS) is 10.5. The van der Waals surface area contributed by atoms with Gasteiger partial charge in [0, 0.05) is 18.7 Å². The molecule has 3 aromatic rings. The van der Waals surface area contributed by atoms with Gasteiger partial charge >= 0.3 is 5.91 Å². The number of nitrogens with one attached hydrogen (secondary N) is 2. The molecule has 0 unspecified atom stereocenters. The van der Waals surface area contributed by atoms with Crippen molar-refractivity contribution in [2.45, 2.75) is 13.1 Å². The van der Waals surface area contributed by atoms with Gasteiger partial charge in [0.1, 0.15) is 5.76 Å². The third-order valence-electron chi connectivity index (χ3n) is 3.64. The molecule has 0 fully saturated rings. The molecule has 5 nitrogen and oxygen atoms in total. The second-order valence-electron chi connectivity index (χ2n) is 5.39. The molecule has 0 radical (unpaired) electrons. The van der Waals surface area contributed by atoms with Crippen molar-refractivity contribution in [3.8, 4) is 11.3 Å². The third-order valence-corrected chi connectivity index (χ3v) is 3.64. The molecule has 122 valence electrons. The molecule has 0 aliphatic rings. The van der Waals surface area contributed by atoms with Crippen LogP contribution in [0.4, 0.5) is 0 Å². The van der Waals surface area contributed by atoms with Gasteiger partial charge in [-0.05, 0) is 29.3 Å². The number of amides is 1. The van der Waals surface area contributed by atoms with Gasteiger partial charge in [0.15, 0.2) is 5.76 Å². The number of furan rings is 1. The van der Waals surface area contributed by atoms with Gasteiger partial charge in [0.2, 0.25) is 0 Å². The lowest BCUT2D eigenvalue weighted by Crippen LogP contribution is -2.17. The van der Waals surface area contributed by atoms with E-state index in [1.165, 1.54) is 11.6 Å². The fraction of sp³-hybridized carbons (Fsp3) is 0.105. The molecular formula is C19H18N2O3. The van der Waals surface area contributed by atoms with Crippen molar-refractivity contribution in [1.29, 1.82) is 0 Å². The Kier molecular flexibility index (Phi) is 5.05. The summed E-state index contributed by atoms with van der Waals surface area (Å²) in [5, 5.41) is 12.0. The maximum absolute atomic E-state index is 11.3. The van der Waals surface area contributed by atoms with E-state index >= 15 is 0 Å². The van der Waals surface area contributed by atoms with E-state index in [1.54, 1.807) is 11.5 Å². The lowest BCUT2D eigenvalue weighted by Gasteiger charge is -2.06. The lowest BCUT2D eigenvalue weighted by molar-refractivity contribution is 0.0677. The Balaban J connectivity index is 1.65. The van der Waals surface area contributed by atoms with E-state index in [4.69, 9.17) is 9.62 Å². The van der Waals surface area contributed by atoms with E-state index in [0.717, 1.165) is 24.2 Å². The number of carbonyl (C=O) groups excluding carboxylic acids is 1. The first-order valence-electron chi connectivity index (χ1n) is 7.64. The summed E-state index contributed by atoms with van der Waals surface area (Å²) in [5.74, 6) is -0.0134. The second-order valence-corrected chi connectivity index (χ2v) is 5.39. The number of rotatable bonds is 6. The van der Waals surface area contributed by atoms with Crippen molar-refractivity contribution >= 4 is 5.91 Å². The first-order valence-corrected chi connectivity index (χ1v) is 7.64. The Morgan fingerprint density at radius 1 is 0.917 bits per heavy atom. The van der Waals surface area contributed by atoms with E-state index in [9.17, 15) is 4.79 Å². The minimum atomic E-state index is -0.665. The smallest absolute Gasteiger partial charge is 0.310 e. The highest BCUT2D eigenvalue weighted by molar-refractivity contribution is 5.91. The maximum atomic E-state index is 11.3. The highest BCUT2D eigenvalue weighted by atomic mass is 16.5. The number of hydrogen-bond donors (Lipinski definition) is 3. The van der Waals surface area contributed by atoms with E-state index in [-0.39, 0.29) is 5.76 Å². The van der Waals surface area contributed by atoms with Crippen molar-refractivity contribution in [2.75, 3.05) is 0 Å². The van der Waals surface area contributed by atoms with Crippen molar-refractivity contribution in [1.82, 2.24) is 10.8 Å². The van der Waals surface area contributed by atoms with Crippen LogP contribution < -0.4 is 10.8 Å². The first kappa shape index (κ1) is 16.0. The summed E-state index contributed by atoms with van der Waals surface area (Å²) in [6.45, 7) is 1.53. The quantitative estimate of drug-likeness (QED) is 0.480. The molecule has 24 heavy (non-hydrogen) atoms. The van der Waals surface area contributed by atoms with Gasteiger partial charge in [-0.3, -0.25) is 10.0 Å². The highest BCUT2D eigenvalue weighted by Gasteiger charge is 2.11. The Bertz CT molecular complexity index is 812. The average Bonchev–Trinajstić information content (AvgIpc) is 3.12. The molecule has 0 aliphatic heterocycles. The average molecular weight is 322 g/mol. The monoisotopic (exact) mass is 322 g/mol. The van der Waals surface area contributed by atoms with Gasteiger partial charge in [-0.2, -0.15) is 0 Å². The Hall–Kier alpha value is -2.89. The van der Waals surface area contributed by atoms with Crippen LogP contribution in [0.15, 0.2) is 71.1 Å². The number of hydroxylamine groups is 1. The van der Waals surface area contributed by atoms with Crippen molar-refractivity contribution < 1.29 is 14.4 Å². The standard InChI is InChI=1S/C19H18N2O3/c22-19(21-23)18-10-9-17(24-18)16-8-4-7-15(11-16)13-20-12-14-5-2-1-3-6-14/h1-11,20,23H,12-13H2,(H,21,22). The molecule has 3 rings (SSSR count). The van der Waals surface area contributed by atoms with Crippen LogP contribution in [0.25, 0.3) is 11.3 Å². The number of hydrogen-bond acceptors (Lipinski definition) is 4. The highest BCUT2D eigenvalue weighted by Crippen LogP contribution is 2.23. The third kappa shape index (κ3) is 3.90. The summed E-state index contributed by atoms with van der Waals surface area (Å²) >= 11 is 0. The molecule has 3 N–H and O–H groups in total. The predicted molar refractivity (Wildman–Crippen MR) is 90.4 cm³/mol. The molecule has 1 heterocycles. The zero-order valence-electron chi connectivity index (χ0n) is 13.0. The molecular weight excluding hydrogens is 304 g/mol. The van der Waals surface area contributed by atoms with E-state index < -0.39 is 5.91 Å². The van der Waals surface area contributed by atoms with Crippen LogP contribution >= 0.6 is 0 Å². The predicted octanol–water partition coefficient (Wildman–Crippen LogP) is 3.36. The molecule has 2 aromatic carbocycles. The van der Waals surface area contributed by atoms with Crippen LogP contribution in [-0.4, -0.2) is 11.1 Å². The van der Waals surface area contributed by atoms with Crippen molar-refractivity contribution in [2.24, 2.45) is 0 Å². The van der Waals surface area contributed by atoms with Gasteiger partial charge in [0.05, 0.1) is 0 Å². The van der Waals surface area contributed by atoms with Crippen molar-refractivity contribution in [3.63, 3.8) is 0 Å². The summed E-state index contributed by atoms with van der Waals surface area (Å²) in [4.78, 5) is 11.3. The van der Waals surface area contributed by atoms with Crippen LogP contribution in [0.1, 0.15) is 21.7 Å². The van der Waals surface area contributed by atoms with Gasteiger partial charge in [0.25, 0.3) is 0 Å². The molecule has 0 bridgehead atoms. The number of benzene rings is 2. The summed E-state index contributed by atoms with van der Waals surface area (Å²) in [6.07, 6.45) is 0. The summed E-state index contributed by atoms with van der Waals surface area (Å²) in [7, 11) is 0. The van der Waals surface area contributed by atoms with E-state index in [2.05, 4.69) is 17.4 Å². The molecule has 0 aliphatic carbocycles. The zero-order valence-corrected chi connectivity index (χ0v) is 13.0. The molecule has 0 saturated heterocycles. The van der Waals surface area contributed by atoms with Crippen molar-refractivity contribution in [3.05, 3.63) is 83.6 Å². The van der Waals surface area contributed by atoms with E-state index in [0.29, 0.717) is 5.76 Å². The molecule has 0 atom stereocenters. The van der Waals surface area contributed by atoms with E-state index in [1.807, 2.05) is 42.5 Å². The van der Waals surface area contributed by atoms with Gasteiger partial charge < -0.3 is 9.73 Å². The largest absolute Gasteiger partial charge is 0.451 e. The van der Waals surface area contributed by atoms with Gasteiger partial charge in [-0.1, -0.05) is 48.5 Å². The summed E-state index contributed by atoms with van der Waals surface area (Å²) in [6, 6.07) is 21.4. The van der Waals surface area contributed by atoms with Crippen LogP contribution in [-0.2, 0) is 13.1 Å². The lowest BCUT2D eigenvalue weighted by atomic mass is 10.1. The Morgan fingerprint density at radius 2 is 1.67 bits per heavy atom. The summed E-state index contributed by atoms with van der Waals surface area (Å²) < 4.78 is 5.46. The number of carbonyl (C=O) groups is 1. The van der Waals surface area contributed by atoms with Crippen LogP contribution in [0.2, 0.25) is 0 Å². The summed E-state index contributed by atoms with van der Waals surface area (Å²) in [5.41, 5.74) is 4.79. The Labute approximate surface area is 139 Å². The topological polar surface area (TPSA) is 74.5 Å². The Morgan fingerprint density at radius 3 is 2.46 bits per heavy atom. The van der Waals surface area contributed by atoms with Gasteiger partial charge in [-0.15, -0.1) is 0 Å². The minimum absolute atomic E-state index is 0.0695. The molecule has 1 aromatic heterocycles. The zero-order chi connectivity index (χ0) is 16.8. The fourth-order valence-electron chi connectivity index (χ4n) is 2.45. The second kappa shape index (κ2) is 7.59. The minimum Gasteiger partial charge on any atom is -0.451 e. The first-order chi connectivity index (χ1) is 11.8. The molecule has 5 heteroatoms. The maximum Gasteiger partial charge on any atom is 0.310 e.